The average Bonchev–Trinajstić information content (AvgIpc) is 3.43. The molecule has 2 aromatic carbocycles. The summed E-state index contributed by atoms with van der Waals surface area (Å²) in [6, 6.07) is 12.5. The first kappa shape index (κ1) is 20.1. The van der Waals surface area contributed by atoms with Gasteiger partial charge in [-0.2, -0.15) is 0 Å². The van der Waals surface area contributed by atoms with Crippen molar-refractivity contribution in [3.63, 3.8) is 0 Å². The van der Waals surface area contributed by atoms with Crippen molar-refractivity contribution in [1.82, 2.24) is 4.90 Å². The Morgan fingerprint density at radius 3 is 2.75 bits per heavy atom. The van der Waals surface area contributed by atoms with Gasteiger partial charge in [-0.15, -0.1) is 0 Å². The molecule has 0 saturated heterocycles. The minimum atomic E-state index is -0.411. The highest BCUT2D eigenvalue weighted by molar-refractivity contribution is 6.16. The van der Waals surface area contributed by atoms with Gasteiger partial charge in [0.1, 0.15) is 24.0 Å². The maximum Gasteiger partial charge on any atom is 0.337 e. The van der Waals surface area contributed by atoms with E-state index in [1.54, 1.807) is 36.6 Å². The number of methoxy groups -OCH3 is 1. The fourth-order valence-electron chi connectivity index (χ4n) is 3.98. The molecule has 162 valence electrons. The van der Waals surface area contributed by atoms with Crippen LogP contribution >= 0.6 is 0 Å². The van der Waals surface area contributed by atoms with Gasteiger partial charge in [0.2, 0.25) is 5.78 Å². The van der Waals surface area contributed by atoms with Gasteiger partial charge in [-0.1, -0.05) is 12.1 Å². The summed E-state index contributed by atoms with van der Waals surface area (Å²) < 4.78 is 22.2. The number of esters is 1. The molecule has 0 amide bonds. The Morgan fingerprint density at radius 2 is 2.03 bits per heavy atom. The molecule has 2 aliphatic rings. The lowest BCUT2D eigenvalue weighted by atomic mass is 9.98. The van der Waals surface area contributed by atoms with Gasteiger partial charge in [-0.05, 0) is 54.5 Å². The summed E-state index contributed by atoms with van der Waals surface area (Å²) in [6.45, 7) is 3.48. The van der Waals surface area contributed by atoms with Crippen LogP contribution in [0.1, 0.15) is 43.2 Å². The number of allylic oxidation sites excluding steroid dienone is 1. The van der Waals surface area contributed by atoms with Gasteiger partial charge in [0.05, 0.1) is 36.6 Å². The van der Waals surface area contributed by atoms with Crippen LogP contribution < -0.4 is 9.47 Å². The molecule has 0 N–H and O–H groups in total. The van der Waals surface area contributed by atoms with Crippen LogP contribution in [0.5, 0.6) is 11.5 Å². The molecule has 0 aliphatic carbocycles. The van der Waals surface area contributed by atoms with E-state index in [0.717, 1.165) is 28.2 Å². The maximum atomic E-state index is 13.1. The minimum absolute atomic E-state index is 0.166. The first-order chi connectivity index (χ1) is 15.5. The van der Waals surface area contributed by atoms with E-state index < -0.39 is 5.97 Å². The molecule has 32 heavy (non-hydrogen) atoms. The largest absolute Gasteiger partial charge is 0.478 e. The molecule has 5 rings (SSSR count). The first-order valence-electron chi connectivity index (χ1n) is 10.2. The number of rotatable bonds is 4. The highest BCUT2D eigenvalue weighted by Gasteiger charge is 2.35. The van der Waals surface area contributed by atoms with Crippen molar-refractivity contribution in [3.05, 3.63) is 88.1 Å². The number of ether oxygens (including phenoxy) is 3. The monoisotopic (exact) mass is 431 g/mol. The van der Waals surface area contributed by atoms with Crippen LogP contribution in [-0.2, 0) is 17.8 Å². The molecule has 0 fully saturated rings. The van der Waals surface area contributed by atoms with E-state index in [2.05, 4.69) is 4.90 Å². The summed E-state index contributed by atoms with van der Waals surface area (Å²) >= 11 is 0. The van der Waals surface area contributed by atoms with Crippen LogP contribution in [-0.4, -0.2) is 30.5 Å². The Kier molecular flexibility index (Phi) is 5.03. The molecule has 3 aromatic rings. The second kappa shape index (κ2) is 8.01. The lowest BCUT2D eigenvalue weighted by molar-refractivity contribution is 0.0600. The minimum Gasteiger partial charge on any atom is -0.478 e. The number of hydrogen-bond donors (Lipinski definition) is 0. The zero-order valence-corrected chi connectivity index (χ0v) is 17.7. The second-order valence-electron chi connectivity index (χ2n) is 7.77. The van der Waals surface area contributed by atoms with Gasteiger partial charge in [0, 0.05) is 6.54 Å². The summed E-state index contributed by atoms with van der Waals surface area (Å²) in [5.74, 6) is 1.78. The van der Waals surface area contributed by atoms with Crippen LogP contribution in [0.3, 0.4) is 0 Å². The SMILES string of the molecule is COC(=O)c1ccc(/C=C2\Oc3c4c(cc(C)c3C2=O)OCN(Cc2ccco2)C4)cc1. The van der Waals surface area contributed by atoms with Crippen molar-refractivity contribution in [3.8, 4) is 11.5 Å². The summed E-state index contributed by atoms with van der Waals surface area (Å²) in [7, 11) is 1.34. The molecular formula is C25H21NO6. The zero-order chi connectivity index (χ0) is 22.2. The number of benzene rings is 2. The summed E-state index contributed by atoms with van der Waals surface area (Å²) in [4.78, 5) is 26.8. The zero-order valence-electron chi connectivity index (χ0n) is 17.7. The highest BCUT2D eigenvalue weighted by Crippen LogP contribution is 2.44. The highest BCUT2D eigenvalue weighted by atomic mass is 16.5. The Balaban J connectivity index is 1.44. The molecule has 0 atom stereocenters. The molecule has 0 radical (unpaired) electrons. The van der Waals surface area contributed by atoms with Crippen molar-refractivity contribution in [2.24, 2.45) is 0 Å². The smallest absolute Gasteiger partial charge is 0.337 e. The maximum absolute atomic E-state index is 13.1. The molecule has 0 spiro atoms. The number of aryl methyl sites for hydroxylation is 1. The van der Waals surface area contributed by atoms with Crippen LogP contribution in [0.15, 0.2) is 58.9 Å². The molecule has 3 heterocycles. The van der Waals surface area contributed by atoms with E-state index in [0.29, 0.717) is 36.7 Å². The first-order valence-corrected chi connectivity index (χ1v) is 10.2. The van der Waals surface area contributed by atoms with Crippen LogP contribution in [0.25, 0.3) is 6.08 Å². The quantitative estimate of drug-likeness (QED) is 0.449. The number of fused-ring (bicyclic) bond motifs is 3. The van der Waals surface area contributed by atoms with E-state index >= 15 is 0 Å². The predicted molar refractivity (Wildman–Crippen MR) is 115 cm³/mol. The Labute approximate surface area is 184 Å². The Morgan fingerprint density at radius 1 is 1.22 bits per heavy atom. The van der Waals surface area contributed by atoms with E-state index in [1.807, 2.05) is 25.1 Å². The van der Waals surface area contributed by atoms with Gasteiger partial charge in [-0.3, -0.25) is 9.69 Å². The fourth-order valence-corrected chi connectivity index (χ4v) is 3.98. The summed E-state index contributed by atoms with van der Waals surface area (Å²) in [5, 5.41) is 0. The Hall–Kier alpha value is -3.84. The molecular weight excluding hydrogens is 410 g/mol. The van der Waals surface area contributed by atoms with E-state index in [-0.39, 0.29) is 11.5 Å². The van der Waals surface area contributed by atoms with E-state index in [1.165, 1.54) is 7.11 Å². The average molecular weight is 431 g/mol. The van der Waals surface area contributed by atoms with Gasteiger partial charge in [0.15, 0.2) is 5.76 Å². The summed E-state index contributed by atoms with van der Waals surface area (Å²) in [6.07, 6.45) is 3.32. The van der Waals surface area contributed by atoms with Gasteiger partial charge >= 0.3 is 5.97 Å². The number of carbonyl (C=O) groups is 2. The third-order valence-corrected chi connectivity index (χ3v) is 5.58. The number of carbonyl (C=O) groups excluding carboxylic acids is 2. The fraction of sp³-hybridized carbons (Fsp3) is 0.200. The van der Waals surface area contributed by atoms with Crippen molar-refractivity contribution >= 4 is 17.8 Å². The van der Waals surface area contributed by atoms with Crippen LogP contribution in [0.4, 0.5) is 0 Å². The molecule has 2 aliphatic heterocycles. The molecule has 7 heteroatoms. The number of ketones is 1. The van der Waals surface area contributed by atoms with Crippen LogP contribution in [0, 0.1) is 6.92 Å². The van der Waals surface area contributed by atoms with Crippen molar-refractivity contribution in [2.75, 3.05) is 13.8 Å². The van der Waals surface area contributed by atoms with Gasteiger partial charge in [0.25, 0.3) is 0 Å². The van der Waals surface area contributed by atoms with Gasteiger partial charge in [-0.25, -0.2) is 4.79 Å². The number of Topliss-reactive ketones (excluding diaryl/α,β-unsaturated/α-hetero) is 1. The molecule has 7 nitrogen and oxygen atoms in total. The predicted octanol–water partition coefficient (Wildman–Crippen LogP) is 4.34. The second-order valence-corrected chi connectivity index (χ2v) is 7.77. The third kappa shape index (κ3) is 3.56. The van der Waals surface area contributed by atoms with Crippen molar-refractivity contribution in [1.29, 1.82) is 0 Å². The Bertz CT molecular complexity index is 1220. The number of furan rings is 1. The molecule has 1 aromatic heterocycles. The van der Waals surface area contributed by atoms with Crippen molar-refractivity contribution < 1.29 is 28.2 Å². The molecule has 0 bridgehead atoms. The number of hydrogen-bond acceptors (Lipinski definition) is 7. The third-order valence-electron chi connectivity index (χ3n) is 5.58. The normalized spacial score (nSPS) is 16.3. The standard InChI is InChI=1S/C25H21NO6/c1-15-10-20-19(13-26(14-31-20)12-18-4-3-9-30-18)24-22(15)23(27)21(32-24)11-16-5-7-17(8-6-16)25(28)29-2/h3-11H,12-14H2,1-2H3/b21-11-. The van der Waals surface area contributed by atoms with E-state index in [9.17, 15) is 9.59 Å². The lowest BCUT2D eigenvalue weighted by Crippen LogP contribution is -2.31. The number of nitrogens with zero attached hydrogens (tertiary/aromatic N) is 1. The summed E-state index contributed by atoms with van der Waals surface area (Å²) in [5.41, 5.74) is 3.41. The van der Waals surface area contributed by atoms with Gasteiger partial charge < -0.3 is 18.6 Å². The molecule has 0 unspecified atom stereocenters. The topological polar surface area (TPSA) is 78.2 Å². The van der Waals surface area contributed by atoms with Crippen LogP contribution in [0.2, 0.25) is 0 Å². The molecule has 0 saturated carbocycles. The van der Waals surface area contributed by atoms with Crippen molar-refractivity contribution in [2.45, 2.75) is 20.0 Å². The lowest BCUT2D eigenvalue weighted by Gasteiger charge is -2.29. The van der Waals surface area contributed by atoms with E-state index in [4.69, 9.17) is 18.6 Å².